The lowest BCUT2D eigenvalue weighted by atomic mass is 10.0. The Kier molecular flexibility index (Phi) is 16.6. The van der Waals surface area contributed by atoms with Gasteiger partial charge in [0.2, 0.25) is 0 Å². The Morgan fingerprint density at radius 2 is 1.32 bits per heavy atom. The van der Waals surface area contributed by atoms with E-state index in [9.17, 15) is 9.59 Å². The van der Waals surface area contributed by atoms with Crippen molar-refractivity contribution in [3.8, 4) is 0 Å². The molecule has 2 N–H and O–H groups in total. The quantitative estimate of drug-likeness (QED) is 0.220. The first-order valence-electron chi connectivity index (χ1n) is 12.7. The van der Waals surface area contributed by atoms with Crippen molar-refractivity contribution in [3.05, 3.63) is 18.0 Å². The Balaban J connectivity index is 1.85. The number of aliphatic carboxylic acids is 1. The smallest absolute Gasteiger partial charge is 0.305 e. The molecule has 1 amide bonds. The molecule has 0 radical (unpaired) electrons. The van der Waals surface area contributed by atoms with Gasteiger partial charge in [-0.3, -0.25) is 14.3 Å². The van der Waals surface area contributed by atoms with Crippen molar-refractivity contribution in [2.24, 2.45) is 0 Å². The number of unbranched alkanes of at least 4 members (excludes halogenated alkanes) is 15. The fraction of sp³-hybridized carbons (Fsp3) is 0.800. The average Bonchev–Trinajstić information content (AvgIpc) is 3.23. The van der Waals surface area contributed by atoms with Crippen LogP contribution in [0, 0.1) is 0 Å². The third-order valence-electron chi connectivity index (χ3n) is 5.74. The molecule has 6 nitrogen and oxygen atoms in total. The van der Waals surface area contributed by atoms with Gasteiger partial charge in [-0.15, -0.1) is 0 Å². The summed E-state index contributed by atoms with van der Waals surface area (Å²) in [7, 11) is 0. The van der Waals surface area contributed by atoms with Crippen molar-refractivity contribution in [1.82, 2.24) is 15.1 Å². The van der Waals surface area contributed by atoms with Crippen LogP contribution < -0.4 is 5.32 Å². The van der Waals surface area contributed by atoms with Crippen LogP contribution in [0.5, 0.6) is 0 Å². The van der Waals surface area contributed by atoms with Gasteiger partial charge in [0.15, 0.2) is 0 Å². The number of rotatable bonds is 21. The van der Waals surface area contributed by atoms with Crippen LogP contribution in [-0.2, 0) is 11.3 Å². The van der Waals surface area contributed by atoms with Crippen LogP contribution in [0.25, 0.3) is 0 Å². The number of carbonyl (C=O) groups excluding carboxylic acids is 1. The van der Waals surface area contributed by atoms with E-state index in [-0.39, 0.29) is 18.9 Å². The third kappa shape index (κ3) is 15.6. The SMILES string of the molecule is CCCCCCCCCCCCCCCCCCNC(=O)c1ccn(CCC(=O)O)n1. The van der Waals surface area contributed by atoms with Crippen molar-refractivity contribution in [2.45, 2.75) is 123 Å². The average molecular weight is 436 g/mol. The lowest BCUT2D eigenvalue weighted by Gasteiger charge is -2.05. The van der Waals surface area contributed by atoms with Crippen LogP contribution in [0.15, 0.2) is 12.3 Å². The maximum Gasteiger partial charge on any atom is 0.305 e. The van der Waals surface area contributed by atoms with E-state index in [0.29, 0.717) is 12.2 Å². The predicted octanol–water partition coefficient (Wildman–Crippen LogP) is 6.35. The Morgan fingerprint density at radius 3 is 1.81 bits per heavy atom. The summed E-state index contributed by atoms with van der Waals surface area (Å²) in [5.74, 6) is -1.06. The monoisotopic (exact) mass is 435 g/mol. The number of carbonyl (C=O) groups is 2. The highest BCUT2D eigenvalue weighted by Crippen LogP contribution is 2.13. The van der Waals surface area contributed by atoms with E-state index >= 15 is 0 Å². The van der Waals surface area contributed by atoms with Crippen molar-refractivity contribution >= 4 is 11.9 Å². The molecule has 1 aromatic rings. The van der Waals surface area contributed by atoms with E-state index in [1.54, 1.807) is 12.3 Å². The minimum atomic E-state index is -0.870. The molecule has 1 aromatic heterocycles. The second-order valence-electron chi connectivity index (χ2n) is 8.67. The Labute approximate surface area is 189 Å². The molecule has 0 unspecified atom stereocenters. The number of hydrogen-bond acceptors (Lipinski definition) is 3. The predicted molar refractivity (Wildman–Crippen MR) is 126 cm³/mol. The van der Waals surface area contributed by atoms with Gasteiger partial charge in [-0.1, -0.05) is 103 Å². The first kappa shape index (κ1) is 27.2. The summed E-state index contributed by atoms with van der Waals surface area (Å²) in [4.78, 5) is 22.6. The molecule has 0 saturated carbocycles. The van der Waals surface area contributed by atoms with Crippen molar-refractivity contribution in [1.29, 1.82) is 0 Å². The molecule has 0 bridgehead atoms. The van der Waals surface area contributed by atoms with Gasteiger partial charge in [-0.25, -0.2) is 0 Å². The highest BCUT2D eigenvalue weighted by molar-refractivity contribution is 5.92. The zero-order chi connectivity index (χ0) is 22.6. The second kappa shape index (κ2) is 18.9. The summed E-state index contributed by atoms with van der Waals surface area (Å²) in [6.45, 7) is 3.22. The minimum Gasteiger partial charge on any atom is -0.481 e. The number of aromatic nitrogens is 2. The molecule has 0 atom stereocenters. The van der Waals surface area contributed by atoms with E-state index in [1.807, 2.05) is 0 Å². The minimum absolute atomic E-state index is 0.00192. The molecular weight excluding hydrogens is 390 g/mol. The van der Waals surface area contributed by atoms with Gasteiger partial charge in [0, 0.05) is 12.7 Å². The van der Waals surface area contributed by atoms with Gasteiger partial charge in [0.1, 0.15) is 5.69 Å². The fourth-order valence-electron chi connectivity index (χ4n) is 3.78. The van der Waals surface area contributed by atoms with E-state index in [4.69, 9.17) is 5.11 Å². The highest BCUT2D eigenvalue weighted by atomic mass is 16.4. The summed E-state index contributed by atoms with van der Waals surface area (Å²) in [5, 5.41) is 15.7. The number of carboxylic acids is 1. The van der Waals surface area contributed by atoms with Crippen molar-refractivity contribution in [3.63, 3.8) is 0 Å². The Bertz CT molecular complexity index is 586. The molecule has 1 heterocycles. The zero-order valence-corrected chi connectivity index (χ0v) is 19.7. The molecule has 31 heavy (non-hydrogen) atoms. The van der Waals surface area contributed by atoms with Crippen LogP contribution in [0.1, 0.15) is 127 Å². The maximum atomic E-state index is 12.1. The van der Waals surface area contributed by atoms with Gasteiger partial charge in [-0.05, 0) is 12.5 Å². The first-order valence-corrected chi connectivity index (χ1v) is 12.7. The molecule has 0 aliphatic rings. The fourth-order valence-corrected chi connectivity index (χ4v) is 3.78. The standard InChI is InChI=1S/C25H45N3O3/c1-2-3-4-5-6-7-8-9-10-11-12-13-14-15-16-17-20-26-25(31)23-18-21-28(27-23)22-19-24(29)30/h18,21H,2-17,19-20,22H2,1H3,(H,26,31)(H,29,30). The molecule has 1 rings (SSSR count). The molecular formula is C25H45N3O3. The number of hydrogen-bond donors (Lipinski definition) is 2. The summed E-state index contributed by atoms with van der Waals surface area (Å²) < 4.78 is 1.50. The molecule has 0 saturated heterocycles. The normalized spacial score (nSPS) is 11.0. The number of nitrogens with zero attached hydrogens (tertiary/aromatic N) is 2. The van der Waals surface area contributed by atoms with Crippen LogP contribution in [0.4, 0.5) is 0 Å². The number of nitrogens with one attached hydrogen (secondary N) is 1. The van der Waals surface area contributed by atoms with Gasteiger partial charge >= 0.3 is 5.97 Å². The lowest BCUT2D eigenvalue weighted by Crippen LogP contribution is -2.25. The van der Waals surface area contributed by atoms with Crippen LogP contribution in [0.3, 0.4) is 0 Å². The van der Waals surface area contributed by atoms with Gasteiger partial charge in [-0.2, -0.15) is 5.10 Å². The summed E-state index contributed by atoms with van der Waals surface area (Å²) in [6.07, 6.45) is 23.0. The van der Waals surface area contributed by atoms with E-state index < -0.39 is 5.97 Å². The molecule has 0 aromatic carbocycles. The zero-order valence-electron chi connectivity index (χ0n) is 19.7. The van der Waals surface area contributed by atoms with Gasteiger partial charge < -0.3 is 10.4 Å². The molecule has 0 fully saturated rings. The maximum absolute atomic E-state index is 12.1. The summed E-state index contributed by atoms with van der Waals surface area (Å²) in [5.41, 5.74) is 0.349. The Morgan fingerprint density at radius 1 is 0.839 bits per heavy atom. The number of aryl methyl sites for hydroxylation is 1. The first-order chi connectivity index (χ1) is 15.1. The van der Waals surface area contributed by atoms with Gasteiger partial charge in [0.05, 0.1) is 13.0 Å². The highest BCUT2D eigenvalue weighted by Gasteiger charge is 2.09. The van der Waals surface area contributed by atoms with Crippen molar-refractivity contribution < 1.29 is 14.7 Å². The molecule has 178 valence electrons. The number of carboxylic acid groups (broad SMARTS) is 1. The summed E-state index contributed by atoms with van der Waals surface area (Å²) >= 11 is 0. The van der Waals surface area contributed by atoms with Crippen LogP contribution in [0.2, 0.25) is 0 Å². The largest absolute Gasteiger partial charge is 0.481 e. The molecule has 0 aliphatic carbocycles. The van der Waals surface area contributed by atoms with Crippen LogP contribution >= 0.6 is 0 Å². The Hall–Kier alpha value is -1.85. The molecule has 0 aliphatic heterocycles. The van der Waals surface area contributed by atoms with Crippen molar-refractivity contribution in [2.75, 3.05) is 6.54 Å². The molecule has 0 spiro atoms. The van der Waals surface area contributed by atoms with E-state index in [1.165, 1.54) is 94.6 Å². The summed E-state index contributed by atoms with van der Waals surface area (Å²) in [6, 6.07) is 1.63. The van der Waals surface area contributed by atoms with E-state index in [0.717, 1.165) is 12.8 Å². The third-order valence-corrected chi connectivity index (χ3v) is 5.74. The van der Waals surface area contributed by atoms with Gasteiger partial charge in [0.25, 0.3) is 5.91 Å². The second-order valence-corrected chi connectivity index (χ2v) is 8.67. The van der Waals surface area contributed by atoms with E-state index in [2.05, 4.69) is 17.3 Å². The van der Waals surface area contributed by atoms with Crippen LogP contribution in [-0.4, -0.2) is 33.3 Å². The topological polar surface area (TPSA) is 84.2 Å². The number of amides is 1. The lowest BCUT2D eigenvalue weighted by molar-refractivity contribution is -0.137. The molecule has 6 heteroatoms.